The highest BCUT2D eigenvalue weighted by atomic mass is 79.9. The van der Waals surface area contributed by atoms with Gasteiger partial charge in [0.25, 0.3) is 0 Å². The van der Waals surface area contributed by atoms with E-state index in [1.165, 1.54) is 0 Å². The summed E-state index contributed by atoms with van der Waals surface area (Å²) in [6.07, 6.45) is 6.53. The fourth-order valence-corrected chi connectivity index (χ4v) is 6.71. The van der Waals surface area contributed by atoms with E-state index >= 15 is 0 Å². The average molecular weight is 655 g/mol. The molecule has 9 heteroatoms. The molecule has 0 aromatic heterocycles. The first kappa shape index (κ1) is 31.8. The van der Waals surface area contributed by atoms with Crippen LogP contribution in [-0.2, 0) is 32.6 Å². The molecule has 7 nitrogen and oxygen atoms in total. The molecule has 0 heterocycles. The largest absolute Gasteiger partial charge is 0.352 e. The Kier molecular flexibility index (Phi) is 10.8. The summed E-state index contributed by atoms with van der Waals surface area (Å²) < 4.78 is 28.0. The van der Waals surface area contributed by atoms with Crippen molar-refractivity contribution in [3.05, 3.63) is 99.5 Å². The van der Waals surface area contributed by atoms with Crippen LogP contribution in [0.25, 0.3) is 0 Å². The lowest BCUT2D eigenvalue weighted by Gasteiger charge is -2.35. The minimum atomic E-state index is -3.81. The van der Waals surface area contributed by atoms with Gasteiger partial charge in [0, 0.05) is 23.5 Å². The second-order valence-corrected chi connectivity index (χ2v) is 14.1. The summed E-state index contributed by atoms with van der Waals surface area (Å²) in [5.41, 5.74) is 4.12. The number of halogens is 1. The number of rotatable bonds is 11. The Bertz CT molecular complexity index is 1490. The van der Waals surface area contributed by atoms with Gasteiger partial charge in [-0.05, 0) is 73.2 Å². The van der Waals surface area contributed by atoms with Crippen LogP contribution >= 0.6 is 15.9 Å². The molecule has 3 aromatic carbocycles. The zero-order chi connectivity index (χ0) is 30.3. The van der Waals surface area contributed by atoms with Crippen molar-refractivity contribution in [3.63, 3.8) is 0 Å². The summed E-state index contributed by atoms with van der Waals surface area (Å²) in [6.45, 7) is 3.59. The topological polar surface area (TPSA) is 86.8 Å². The Morgan fingerprint density at radius 2 is 1.60 bits per heavy atom. The van der Waals surface area contributed by atoms with Gasteiger partial charge in [-0.2, -0.15) is 0 Å². The fourth-order valence-electron chi connectivity index (χ4n) is 5.42. The number of sulfonamides is 1. The van der Waals surface area contributed by atoms with Gasteiger partial charge in [0.1, 0.15) is 12.6 Å². The number of aryl methyl sites for hydroxylation is 2. The highest BCUT2D eigenvalue weighted by Crippen LogP contribution is 2.24. The SMILES string of the molecule is Cc1ccc(N(CC(=O)N(Cc2cccc(Br)c2)[C@@H](Cc2ccccc2)C(=O)NC2CCCCC2)S(C)(=O)=O)cc1C. The average Bonchev–Trinajstić information content (AvgIpc) is 2.95. The number of carbonyl (C=O) groups excluding carboxylic acids is 2. The summed E-state index contributed by atoms with van der Waals surface area (Å²) in [6, 6.07) is 21.8. The van der Waals surface area contributed by atoms with E-state index in [4.69, 9.17) is 0 Å². The van der Waals surface area contributed by atoms with E-state index in [2.05, 4.69) is 21.2 Å². The van der Waals surface area contributed by atoms with Gasteiger partial charge in [-0.3, -0.25) is 13.9 Å². The van der Waals surface area contributed by atoms with Crippen LogP contribution in [0.3, 0.4) is 0 Å². The molecular weight excluding hydrogens is 614 g/mol. The summed E-state index contributed by atoms with van der Waals surface area (Å²) in [5, 5.41) is 3.23. The molecule has 1 atom stereocenters. The number of hydrogen-bond donors (Lipinski definition) is 1. The molecule has 0 bridgehead atoms. The van der Waals surface area contributed by atoms with Crippen LogP contribution in [0, 0.1) is 13.8 Å². The Morgan fingerprint density at radius 3 is 2.24 bits per heavy atom. The Hall–Kier alpha value is -3.17. The lowest BCUT2D eigenvalue weighted by molar-refractivity contribution is -0.140. The van der Waals surface area contributed by atoms with Crippen LogP contribution in [0.15, 0.2) is 77.3 Å². The second-order valence-electron chi connectivity index (χ2n) is 11.2. The van der Waals surface area contributed by atoms with Crippen LogP contribution in [0.2, 0.25) is 0 Å². The number of carbonyl (C=O) groups is 2. The highest BCUT2D eigenvalue weighted by Gasteiger charge is 2.34. The van der Waals surface area contributed by atoms with Crippen molar-refractivity contribution in [2.75, 3.05) is 17.1 Å². The van der Waals surface area contributed by atoms with E-state index in [0.29, 0.717) is 12.1 Å². The lowest BCUT2D eigenvalue weighted by Crippen LogP contribution is -2.55. The number of benzene rings is 3. The van der Waals surface area contributed by atoms with E-state index in [1.54, 1.807) is 17.0 Å². The van der Waals surface area contributed by atoms with Gasteiger partial charge < -0.3 is 10.2 Å². The molecule has 3 aromatic rings. The first-order valence-corrected chi connectivity index (χ1v) is 17.1. The van der Waals surface area contributed by atoms with E-state index in [0.717, 1.165) is 69.4 Å². The molecule has 0 spiro atoms. The molecule has 0 radical (unpaired) electrons. The number of amides is 2. The maximum absolute atomic E-state index is 14.3. The van der Waals surface area contributed by atoms with Gasteiger partial charge in [0.05, 0.1) is 11.9 Å². The number of nitrogens with one attached hydrogen (secondary N) is 1. The van der Waals surface area contributed by atoms with Crippen LogP contribution < -0.4 is 9.62 Å². The fraction of sp³-hybridized carbons (Fsp3) is 0.394. The molecule has 1 saturated carbocycles. The van der Waals surface area contributed by atoms with Gasteiger partial charge in [0.15, 0.2) is 0 Å². The van der Waals surface area contributed by atoms with Gasteiger partial charge in [-0.25, -0.2) is 8.42 Å². The van der Waals surface area contributed by atoms with E-state index < -0.39 is 28.5 Å². The van der Waals surface area contributed by atoms with Crippen molar-refractivity contribution in [1.29, 1.82) is 0 Å². The molecule has 1 fully saturated rings. The van der Waals surface area contributed by atoms with Gasteiger partial charge >= 0.3 is 0 Å². The van der Waals surface area contributed by atoms with E-state index in [1.807, 2.05) is 74.5 Å². The van der Waals surface area contributed by atoms with Crippen molar-refractivity contribution >= 4 is 43.5 Å². The molecule has 0 unspecified atom stereocenters. The van der Waals surface area contributed by atoms with Crippen LogP contribution in [0.1, 0.15) is 54.4 Å². The first-order chi connectivity index (χ1) is 20.0. The summed E-state index contributed by atoms with van der Waals surface area (Å²) in [4.78, 5) is 29.8. The molecule has 0 aliphatic heterocycles. The van der Waals surface area contributed by atoms with Crippen LogP contribution in [0.5, 0.6) is 0 Å². The quantitative estimate of drug-likeness (QED) is 0.278. The summed E-state index contributed by atoms with van der Waals surface area (Å²) in [5.74, 6) is -0.662. The van der Waals surface area contributed by atoms with E-state index in [-0.39, 0.29) is 18.5 Å². The van der Waals surface area contributed by atoms with Gasteiger partial charge in [0.2, 0.25) is 21.8 Å². The molecule has 1 aliphatic carbocycles. The van der Waals surface area contributed by atoms with Crippen LogP contribution in [-0.4, -0.2) is 50.0 Å². The van der Waals surface area contributed by atoms with Gasteiger partial charge in [-0.1, -0.05) is 83.7 Å². The molecule has 1 aliphatic rings. The molecule has 4 rings (SSSR count). The Labute approximate surface area is 258 Å². The smallest absolute Gasteiger partial charge is 0.244 e. The van der Waals surface area contributed by atoms with E-state index in [9.17, 15) is 18.0 Å². The molecule has 2 amide bonds. The molecule has 1 N–H and O–H groups in total. The van der Waals surface area contributed by atoms with Crippen LogP contribution in [0.4, 0.5) is 5.69 Å². The number of nitrogens with zero attached hydrogens (tertiary/aromatic N) is 2. The molecule has 224 valence electrons. The minimum absolute atomic E-state index is 0.0652. The number of anilines is 1. The molecule has 42 heavy (non-hydrogen) atoms. The van der Waals surface area contributed by atoms with Crippen molar-refractivity contribution in [2.45, 2.75) is 71.0 Å². The second kappa shape index (κ2) is 14.3. The molecule has 0 saturated heterocycles. The summed E-state index contributed by atoms with van der Waals surface area (Å²) in [7, 11) is -3.81. The van der Waals surface area contributed by atoms with Gasteiger partial charge in [-0.15, -0.1) is 0 Å². The Balaban J connectivity index is 1.73. The molecular formula is C33H40BrN3O4S. The normalized spacial score (nSPS) is 14.7. The minimum Gasteiger partial charge on any atom is -0.352 e. The van der Waals surface area contributed by atoms with Crippen molar-refractivity contribution in [1.82, 2.24) is 10.2 Å². The lowest BCUT2D eigenvalue weighted by atomic mass is 9.94. The zero-order valence-electron chi connectivity index (χ0n) is 24.6. The Morgan fingerprint density at radius 1 is 0.905 bits per heavy atom. The van der Waals surface area contributed by atoms with Crippen molar-refractivity contribution in [2.24, 2.45) is 0 Å². The standard InChI is InChI=1S/C33H40BrN3O4S/c1-24-17-18-30(19-25(24)2)37(42(3,40)41)23-32(38)36(22-27-13-10-14-28(34)20-27)31(21-26-11-6-4-7-12-26)33(39)35-29-15-8-5-9-16-29/h4,6-7,10-14,17-20,29,31H,5,8-9,15-16,21-23H2,1-3H3,(H,35,39)/t31-/m0/s1. The predicted octanol–water partition coefficient (Wildman–Crippen LogP) is 5.92. The monoisotopic (exact) mass is 653 g/mol. The van der Waals surface area contributed by atoms with Crippen molar-refractivity contribution in [3.8, 4) is 0 Å². The first-order valence-electron chi connectivity index (χ1n) is 14.4. The third kappa shape index (κ3) is 8.67. The number of hydrogen-bond acceptors (Lipinski definition) is 4. The zero-order valence-corrected chi connectivity index (χ0v) is 27.0. The summed E-state index contributed by atoms with van der Waals surface area (Å²) >= 11 is 3.51. The highest BCUT2D eigenvalue weighted by molar-refractivity contribution is 9.10. The predicted molar refractivity (Wildman–Crippen MR) is 172 cm³/mol. The third-order valence-electron chi connectivity index (χ3n) is 7.92. The third-order valence-corrected chi connectivity index (χ3v) is 9.56. The maximum atomic E-state index is 14.3. The maximum Gasteiger partial charge on any atom is 0.244 e. The van der Waals surface area contributed by atoms with Crippen molar-refractivity contribution < 1.29 is 18.0 Å².